The van der Waals surface area contributed by atoms with Crippen molar-refractivity contribution >= 4 is 23.7 Å². The minimum Gasteiger partial charge on any atom is -0.497 e. The highest BCUT2D eigenvalue weighted by molar-refractivity contribution is 7.99. The van der Waals surface area contributed by atoms with Gasteiger partial charge in [-0.3, -0.25) is 0 Å². The van der Waals surface area contributed by atoms with E-state index < -0.39 is 6.04 Å². The number of rotatable bonds is 10. The van der Waals surface area contributed by atoms with E-state index >= 15 is 0 Å². The van der Waals surface area contributed by atoms with Gasteiger partial charge in [0.05, 0.1) is 19.3 Å². The van der Waals surface area contributed by atoms with Crippen LogP contribution in [0, 0.1) is 0 Å². The first-order valence-electron chi connectivity index (χ1n) is 10.5. The van der Waals surface area contributed by atoms with Gasteiger partial charge in [0, 0.05) is 11.4 Å². The number of carbonyl (C=O) groups excluding carboxylic acids is 1. The van der Waals surface area contributed by atoms with Gasteiger partial charge in [-0.2, -0.15) is 4.98 Å². The molecular weight excluding hydrogens is 400 g/mol. The van der Waals surface area contributed by atoms with E-state index in [1.807, 2.05) is 31.2 Å². The predicted molar refractivity (Wildman–Crippen MR) is 119 cm³/mol. The second-order valence-corrected chi connectivity index (χ2v) is 8.26. The number of nitrogens with one attached hydrogen (secondary N) is 1. The Kier molecular flexibility index (Phi) is 7.79. The van der Waals surface area contributed by atoms with Crippen LogP contribution in [0.5, 0.6) is 5.75 Å². The summed E-state index contributed by atoms with van der Waals surface area (Å²) in [6.07, 6.45) is 4.04. The monoisotopic (exact) mass is 430 g/mol. The number of carbonyl (C=O) groups is 1. The molecule has 0 saturated heterocycles. The number of benzene rings is 1. The quantitative estimate of drug-likeness (QED) is 0.329. The molecule has 0 saturated carbocycles. The van der Waals surface area contributed by atoms with Crippen LogP contribution in [0.4, 0.5) is 5.95 Å². The van der Waals surface area contributed by atoms with Crippen LogP contribution >= 0.6 is 11.8 Å². The zero-order chi connectivity index (χ0) is 21.5. The van der Waals surface area contributed by atoms with Gasteiger partial charge in [0.15, 0.2) is 0 Å². The average Bonchev–Trinajstić information content (AvgIpc) is 3.15. The minimum absolute atomic E-state index is 0.324. The van der Waals surface area contributed by atoms with Gasteiger partial charge < -0.3 is 14.8 Å². The van der Waals surface area contributed by atoms with Crippen molar-refractivity contribution in [3.63, 3.8) is 0 Å². The van der Waals surface area contributed by atoms with E-state index in [1.165, 1.54) is 0 Å². The number of anilines is 1. The van der Waals surface area contributed by atoms with Crippen LogP contribution in [0.15, 0.2) is 40.7 Å². The second-order valence-electron chi connectivity index (χ2n) is 7.19. The second kappa shape index (κ2) is 10.5. The third-order valence-corrected chi connectivity index (χ3v) is 5.87. The van der Waals surface area contributed by atoms with Crippen molar-refractivity contribution in [2.75, 3.05) is 24.8 Å². The van der Waals surface area contributed by atoms with Crippen molar-refractivity contribution in [3.8, 4) is 5.75 Å². The SMILES string of the molecule is CCCCOC(=O)C1=C(C)Nc2nc(SCCCC)nn2C1c1ccc(OC)cc1. The lowest BCUT2D eigenvalue weighted by Gasteiger charge is -2.28. The molecule has 8 heteroatoms. The lowest BCUT2D eigenvalue weighted by molar-refractivity contribution is -0.139. The van der Waals surface area contributed by atoms with Crippen LogP contribution in [0.3, 0.4) is 0 Å². The van der Waals surface area contributed by atoms with E-state index in [-0.39, 0.29) is 5.97 Å². The fraction of sp³-hybridized carbons (Fsp3) is 0.500. The van der Waals surface area contributed by atoms with Gasteiger partial charge in [0.25, 0.3) is 0 Å². The summed E-state index contributed by atoms with van der Waals surface area (Å²) in [5, 5.41) is 8.67. The van der Waals surface area contributed by atoms with Crippen molar-refractivity contribution in [2.24, 2.45) is 0 Å². The highest BCUT2D eigenvalue weighted by atomic mass is 32.2. The summed E-state index contributed by atoms with van der Waals surface area (Å²) in [5.74, 6) is 2.04. The molecule has 0 radical (unpaired) electrons. The molecule has 0 aliphatic carbocycles. The fourth-order valence-corrected chi connectivity index (χ4v) is 4.16. The Hall–Kier alpha value is -2.48. The number of allylic oxidation sites excluding steroid dienone is 1. The van der Waals surface area contributed by atoms with Crippen molar-refractivity contribution in [1.82, 2.24) is 14.8 Å². The van der Waals surface area contributed by atoms with Crippen LogP contribution in [-0.2, 0) is 9.53 Å². The van der Waals surface area contributed by atoms with Gasteiger partial charge in [-0.15, -0.1) is 5.10 Å². The Labute approximate surface area is 182 Å². The summed E-state index contributed by atoms with van der Waals surface area (Å²) in [6.45, 7) is 6.52. The maximum atomic E-state index is 13.0. The first-order valence-corrected chi connectivity index (χ1v) is 11.5. The van der Waals surface area contributed by atoms with Gasteiger partial charge in [-0.1, -0.05) is 50.6 Å². The molecule has 0 fully saturated rings. The van der Waals surface area contributed by atoms with Crippen LogP contribution < -0.4 is 10.1 Å². The molecule has 7 nitrogen and oxygen atoms in total. The first kappa shape index (κ1) is 22.2. The molecule has 1 atom stereocenters. The molecule has 2 heterocycles. The average molecular weight is 431 g/mol. The van der Waals surface area contributed by atoms with E-state index in [1.54, 1.807) is 23.6 Å². The Balaban J connectivity index is 1.97. The number of fused-ring (bicyclic) bond motifs is 1. The number of thioether (sulfide) groups is 1. The smallest absolute Gasteiger partial charge is 0.338 e. The highest BCUT2D eigenvalue weighted by Gasteiger charge is 2.35. The topological polar surface area (TPSA) is 78.3 Å². The van der Waals surface area contributed by atoms with Gasteiger partial charge in [-0.25, -0.2) is 9.48 Å². The minimum atomic E-state index is -0.408. The summed E-state index contributed by atoms with van der Waals surface area (Å²) in [6, 6.07) is 7.28. The summed E-state index contributed by atoms with van der Waals surface area (Å²) >= 11 is 1.63. The summed E-state index contributed by atoms with van der Waals surface area (Å²) in [4.78, 5) is 17.7. The molecule has 0 bridgehead atoms. The summed E-state index contributed by atoms with van der Waals surface area (Å²) in [5.41, 5.74) is 2.22. The normalized spacial score (nSPS) is 15.5. The first-order chi connectivity index (χ1) is 14.6. The van der Waals surface area contributed by atoms with Crippen molar-refractivity contribution in [3.05, 3.63) is 41.1 Å². The Morgan fingerprint density at radius 1 is 1.20 bits per heavy atom. The molecular formula is C22H30N4O3S. The molecule has 1 aromatic carbocycles. The van der Waals surface area contributed by atoms with Crippen LogP contribution in [0.25, 0.3) is 0 Å². The van der Waals surface area contributed by atoms with E-state index in [9.17, 15) is 4.79 Å². The van der Waals surface area contributed by atoms with Crippen molar-refractivity contribution < 1.29 is 14.3 Å². The largest absolute Gasteiger partial charge is 0.497 e. The molecule has 162 valence electrons. The molecule has 1 aliphatic rings. The number of methoxy groups -OCH3 is 1. The van der Waals surface area contributed by atoms with Gasteiger partial charge in [-0.05, 0) is 37.5 Å². The van der Waals surface area contributed by atoms with E-state index in [4.69, 9.17) is 14.6 Å². The lowest BCUT2D eigenvalue weighted by Crippen LogP contribution is -2.29. The lowest BCUT2D eigenvalue weighted by atomic mass is 9.96. The highest BCUT2D eigenvalue weighted by Crippen LogP contribution is 2.37. The molecule has 30 heavy (non-hydrogen) atoms. The standard InChI is InChI=1S/C22H30N4O3S/c1-5-7-13-29-20(27)18-15(3)23-21-24-22(30-14-8-6-2)25-26(21)19(18)16-9-11-17(28-4)12-10-16/h9-12,19H,5-8,13-14H2,1-4H3,(H,23,24,25). The maximum Gasteiger partial charge on any atom is 0.338 e. The third-order valence-electron chi connectivity index (χ3n) is 4.94. The summed E-state index contributed by atoms with van der Waals surface area (Å²) in [7, 11) is 1.63. The van der Waals surface area contributed by atoms with Crippen LogP contribution in [0.1, 0.15) is 58.1 Å². The molecule has 1 N–H and O–H groups in total. The number of hydrogen-bond acceptors (Lipinski definition) is 7. The van der Waals surface area contributed by atoms with E-state index in [0.717, 1.165) is 48.4 Å². The van der Waals surface area contributed by atoms with E-state index in [2.05, 4.69) is 24.1 Å². The Bertz CT molecular complexity index is 892. The van der Waals surface area contributed by atoms with E-state index in [0.29, 0.717) is 23.3 Å². The number of ether oxygens (including phenoxy) is 2. The van der Waals surface area contributed by atoms with Gasteiger partial charge in [0.1, 0.15) is 11.8 Å². The Morgan fingerprint density at radius 3 is 2.60 bits per heavy atom. The predicted octanol–water partition coefficient (Wildman–Crippen LogP) is 4.81. The molecule has 1 aliphatic heterocycles. The molecule has 1 aromatic heterocycles. The van der Waals surface area contributed by atoms with Gasteiger partial charge >= 0.3 is 5.97 Å². The van der Waals surface area contributed by atoms with Crippen LogP contribution in [0.2, 0.25) is 0 Å². The van der Waals surface area contributed by atoms with Crippen molar-refractivity contribution in [1.29, 1.82) is 0 Å². The molecule has 2 aromatic rings. The molecule has 0 spiro atoms. The number of esters is 1. The third kappa shape index (κ3) is 4.98. The summed E-state index contributed by atoms with van der Waals surface area (Å²) < 4.78 is 12.6. The number of nitrogens with zero attached hydrogens (tertiary/aromatic N) is 3. The number of unbranched alkanes of at least 4 members (excludes halogenated alkanes) is 2. The molecule has 1 unspecified atom stereocenters. The van der Waals surface area contributed by atoms with Crippen LogP contribution in [-0.4, -0.2) is 40.2 Å². The maximum absolute atomic E-state index is 13.0. The Morgan fingerprint density at radius 2 is 1.93 bits per heavy atom. The molecule has 0 amide bonds. The fourth-order valence-electron chi connectivity index (χ4n) is 3.25. The number of hydrogen-bond donors (Lipinski definition) is 1. The van der Waals surface area contributed by atoms with Crippen molar-refractivity contribution in [2.45, 2.75) is 57.7 Å². The zero-order valence-electron chi connectivity index (χ0n) is 18.1. The zero-order valence-corrected chi connectivity index (χ0v) is 18.9. The van der Waals surface area contributed by atoms with Gasteiger partial charge in [0.2, 0.25) is 11.1 Å². The number of aromatic nitrogens is 3. The molecule has 3 rings (SSSR count).